The first kappa shape index (κ1) is 21.4. The zero-order valence-corrected chi connectivity index (χ0v) is 19.1. The van der Waals surface area contributed by atoms with Crippen LogP contribution in [0.4, 0.5) is 5.69 Å². The van der Waals surface area contributed by atoms with Gasteiger partial charge in [-0.05, 0) is 60.6 Å². The molecule has 2 aliphatic rings. The second kappa shape index (κ2) is 8.39. The van der Waals surface area contributed by atoms with Gasteiger partial charge in [0.05, 0.1) is 11.1 Å². The smallest absolute Gasteiger partial charge is 0.232 e. The fourth-order valence-electron chi connectivity index (χ4n) is 4.90. The zero-order chi connectivity index (χ0) is 22.3. The molecular formula is C26H32N2O3. The number of benzene rings is 2. The molecule has 2 aliphatic heterocycles. The average molecular weight is 421 g/mol. The Kier molecular flexibility index (Phi) is 5.80. The third-order valence-electron chi connectivity index (χ3n) is 6.25. The Balaban J connectivity index is 1.65. The highest BCUT2D eigenvalue weighted by Gasteiger charge is 2.34. The van der Waals surface area contributed by atoms with Crippen molar-refractivity contribution in [3.8, 4) is 11.5 Å². The van der Waals surface area contributed by atoms with E-state index in [2.05, 4.69) is 18.7 Å². The first-order valence-electron chi connectivity index (χ1n) is 11.0. The SMILES string of the molecule is Cc1cc(O)c(CN2CC(C)CC(C)C2)c2c1C(=O)/C(=C\c1ccc(N(C)C)cc1)O2. The molecule has 0 saturated carbocycles. The maximum Gasteiger partial charge on any atom is 0.232 e. The molecule has 1 saturated heterocycles. The number of fused-ring (bicyclic) bond motifs is 1. The predicted molar refractivity (Wildman–Crippen MR) is 125 cm³/mol. The van der Waals surface area contributed by atoms with Crippen molar-refractivity contribution in [3.05, 3.63) is 58.3 Å². The molecule has 2 heterocycles. The molecule has 0 spiro atoms. The Morgan fingerprint density at radius 3 is 2.42 bits per heavy atom. The number of piperidine rings is 1. The van der Waals surface area contributed by atoms with E-state index >= 15 is 0 Å². The summed E-state index contributed by atoms with van der Waals surface area (Å²) in [5, 5.41) is 10.7. The van der Waals surface area contributed by atoms with Gasteiger partial charge in [-0.3, -0.25) is 9.69 Å². The van der Waals surface area contributed by atoms with Crippen LogP contribution < -0.4 is 9.64 Å². The van der Waals surface area contributed by atoms with Gasteiger partial charge in [0.2, 0.25) is 5.78 Å². The van der Waals surface area contributed by atoms with Gasteiger partial charge in [0.15, 0.2) is 5.76 Å². The summed E-state index contributed by atoms with van der Waals surface area (Å²) >= 11 is 0. The van der Waals surface area contributed by atoms with E-state index in [1.54, 1.807) is 12.1 Å². The molecule has 0 aromatic heterocycles. The van der Waals surface area contributed by atoms with Crippen molar-refractivity contribution in [3.63, 3.8) is 0 Å². The van der Waals surface area contributed by atoms with Crippen LogP contribution in [0, 0.1) is 18.8 Å². The number of ether oxygens (including phenoxy) is 1. The molecule has 1 fully saturated rings. The fraction of sp³-hybridized carbons (Fsp3) is 0.423. The predicted octanol–water partition coefficient (Wildman–Crippen LogP) is 4.86. The Morgan fingerprint density at radius 2 is 1.81 bits per heavy atom. The number of phenols is 1. The Hall–Kier alpha value is -2.79. The Labute approximate surface area is 184 Å². The molecule has 0 aliphatic carbocycles. The topological polar surface area (TPSA) is 53.0 Å². The van der Waals surface area contributed by atoms with Crippen molar-refractivity contribution < 1.29 is 14.6 Å². The normalized spacial score (nSPS) is 22.5. The lowest BCUT2D eigenvalue weighted by Gasteiger charge is -2.35. The highest BCUT2D eigenvalue weighted by Crippen LogP contribution is 2.42. The van der Waals surface area contributed by atoms with Crippen LogP contribution in [0.3, 0.4) is 0 Å². The summed E-state index contributed by atoms with van der Waals surface area (Å²) in [7, 11) is 3.99. The van der Waals surface area contributed by atoms with Crippen LogP contribution in [0.2, 0.25) is 0 Å². The van der Waals surface area contributed by atoms with E-state index in [4.69, 9.17) is 4.74 Å². The Bertz CT molecular complexity index is 1010. The molecule has 164 valence electrons. The minimum absolute atomic E-state index is 0.120. The molecule has 5 nitrogen and oxygen atoms in total. The van der Waals surface area contributed by atoms with E-state index in [1.807, 2.05) is 50.2 Å². The molecule has 2 unspecified atom stereocenters. The van der Waals surface area contributed by atoms with E-state index in [0.717, 1.165) is 29.9 Å². The van der Waals surface area contributed by atoms with E-state index in [1.165, 1.54) is 6.42 Å². The van der Waals surface area contributed by atoms with Gasteiger partial charge >= 0.3 is 0 Å². The number of aryl methyl sites for hydroxylation is 1. The maximum absolute atomic E-state index is 13.2. The Morgan fingerprint density at radius 1 is 1.16 bits per heavy atom. The number of ketones is 1. The number of aromatic hydroxyl groups is 1. The molecule has 0 amide bonds. The summed E-state index contributed by atoms with van der Waals surface area (Å²) in [4.78, 5) is 17.6. The third-order valence-corrected chi connectivity index (χ3v) is 6.25. The minimum Gasteiger partial charge on any atom is -0.507 e. The van der Waals surface area contributed by atoms with Crippen molar-refractivity contribution >= 4 is 17.5 Å². The second-order valence-electron chi connectivity index (χ2n) is 9.46. The number of rotatable bonds is 4. The lowest BCUT2D eigenvalue weighted by Crippen LogP contribution is -2.38. The van der Waals surface area contributed by atoms with Crippen molar-refractivity contribution in [2.24, 2.45) is 11.8 Å². The van der Waals surface area contributed by atoms with Gasteiger partial charge in [0, 0.05) is 39.4 Å². The summed E-state index contributed by atoms with van der Waals surface area (Å²) in [6.07, 6.45) is 3.01. The fourth-order valence-corrected chi connectivity index (χ4v) is 4.90. The number of hydrogen-bond donors (Lipinski definition) is 1. The van der Waals surface area contributed by atoms with Crippen molar-refractivity contribution in [1.82, 2.24) is 4.90 Å². The number of allylic oxidation sites excluding steroid dienone is 1. The molecule has 31 heavy (non-hydrogen) atoms. The zero-order valence-electron chi connectivity index (χ0n) is 19.1. The number of nitrogens with zero attached hydrogens (tertiary/aromatic N) is 2. The molecule has 1 N–H and O–H groups in total. The number of carbonyl (C=O) groups is 1. The number of Topliss-reactive ketones (excluding diaryl/α,β-unsaturated/α-hetero) is 1. The van der Waals surface area contributed by atoms with Crippen LogP contribution in [0.5, 0.6) is 11.5 Å². The van der Waals surface area contributed by atoms with Crippen LogP contribution in [-0.2, 0) is 6.54 Å². The molecular weight excluding hydrogens is 388 g/mol. The molecule has 2 aromatic rings. The van der Waals surface area contributed by atoms with Gasteiger partial charge in [-0.1, -0.05) is 26.0 Å². The number of hydrogen-bond acceptors (Lipinski definition) is 5. The van der Waals surface area contributed by atoms with Crippen LogP contribution in [0.1, 0.15) is 47.3 Å². The number of phenolic OH excluding ortho intramolecular Hbond substituents is 1. The monoisotopic (exact) mass is 420 g/mol. The standard InChI is InChI=1S/C26H32N2O3/c1-16-10-17(2)14-28(13-16)15-21-22(29)11-18(3)24-25(30)23(31-26(21)24)12-19-6-8-20(9-7-19)27(4)5/h6-9,11-12,16-17,29H,10,13-15H2,1-5H3/b23-12+. The molecule has 0 bridgehead atoms. The highest BCUT2D eigenvalue weighted by molar-refractivity contribution is 6.15. The molecule has 0 radical (unpaired) electrons. The van der Waals surface area contributed by atoms with Gasteiger partial charge in [0.1, 0.15) is 11.5 Å². The lowest BCUT2D eigenvalue weighted by molar-refractivity contribution is 0.101. The van der Waals surface area contributed by atoms with Crippen LogP contribution >= 0.6 is 0 Å². The summed E-state index contributed by atoms with van der Waals surface area (Å²) in [6.45, 7) is 8.95. The maximum atomic E-state index is 13.2. The van der Waals surface area contributed by atoms with E-state index in [9.17, 15) is 9.90 Å². The molecule has 2 atom stereocenters. The highest BCUT2D eigenvalue weighted by atomic mass is 16.5. The van der Waals surface area contributed by atoms with E-state index in [0.29, 0.717) is 41.0 Å². The van der Waals surface area contributed by atoms with Gasteiger partial charge in [-0.15, -0.1) is 0 Å². The third kappa shape index (κ3) is 4.33. The minimum atomic E-state index is -0.120. The van der Waals surface area contributed by atoms with Crippen molar-refractivity contribution in [2.45, 2.75) is 33.7 Å². The molecule has 4 rings (SSSR count). The first-order valence-corrected chi connectivity index (χ1v) is 11.0. The largest absolute Gasteiger partial charge is 0.507 e. The quantitative estimate of drug-likeness (QED) is 0.716. The van der Waals surface area contributed by atoms with Crippen LogP contribution in [-0.4, -0.2) is 43.0 Å². The van der Waals surface area contributed by atoms with Crippen LogP contribution in [0.15, 0.2) is 36.1 Å². The summed E-state index contributed by atoms with van der Waals surface area (Å²) < 4.78 is 6.10. The van der Waals surface area contributed by atoms with Gasteiger partial charge in [-0.2, -0.15) is 0 Å². The average Bonchev–Trinajstić information content (AvgIpc) is 3.01. The van der Waals surface area contributed by atoms with Gasteiger partial charge in [0.25, 0.3) is 0 Å². The van der Waals surface area contributed by atoms with E-state index in [-0.39, 0.29) is 11.5 Å². The number of carbonyl (C=O) groups excluding carboxylic acids is 1. The molecule has 5 heteroatoms. The van der Waals surface area contributed by atoms with Crippen molar-refractivity contribution in [1.29, 1.82) is 0 Å². The van der Waals surface area contributed by atoms with Gasteiger partial charge in [-0.25, -0.2) is 0 Å². The number of anilines is 1. The summed E-state index contributed by atoms with van der Waals surface area (Å²) in [5.74, 6) is 2.14. The number of likely N-dealkylation sites (tertiary alicyclic amines) is 1. The van der Waals surface area contributed by atoms with E-state index < -0.39 is 0 Å². The lowest BCUT2D eigenvalue weighted by atomic mass is 9.91. The second-order valence-corrected chi connectivity index (χ2v) is 9.46. The summed E-state index contributed by atoms with van der Waals surface area (Å²) in [6, 6.07) is 9.68. The van der Waals surface area contributed by atoms with Crippen LogP contribution in [0.25, 0.3) is 6.08 Å². The van der Waals surface area contributed by atoms with Crippen molar-refractivity contribution in [2.75, 3.05) is 32.1 Å². The van der Waals surface area contributed by atoms with Gasteiger partial charge < -0.3 is 14.7 Å². The summed E-state index contributed by atoms with van der Waals surface area (Å²) in [5.41, 5.74) is 4.03. The molecule has 2 aromatic carbocycles. The first-order chi connectivity index (χ1) is 14.7.